The third kappa shape index (κ3) is 4.52. The Morgan fingerprint density at radius 3 is 2.67 bits per heavy atom. The number of carbonyl (C=O) groups excluding carboxylic acids is 1. The van der Waals surface area contributed by atoms with Crippen molar-refractivity contribution in [2.75, 3.05) is 0 Å². The molecule has 2 N–H and O–H groups in total. The molecule has 5 nitrogen and oxygen atoms in total. The lowest BCUT2D eigenvalue weighted by atomic mass is 10.1. The van der Waals surface area contributed by atoms with Gasteiger partial charge < -0.3 is 10.3 Å². The van der Waals surface area contributed by atoms with Gasteiger partial charge >= 0.3 is 0 Å². The van der Waals surface area contributed by atoms with Crippen LogP contribution in [0.5, 0.6) is 0 Å². The molecular formula is C21H23N3O2S. The van der Waals surface area contributed by atoms with Gasteiger partial charge in [-0.1, -0.05) is 50.1 Å². The van der Waals surface area contributed by atoms with Crippen LogP contribution in [-0.4, -0.2) is 15.5 Å². The summed E-state index contributed by atoms with van der Waals surface area (Å²) < 4.78 is 1.99. The number of unbranched alkanes of at least 4 members (excludes halogenated alkanes) is 2. The van der Waals surface area contributed by atoms with Gasteiger partial charge in [0.1, 0.15) is 0 Å². The number of benzene rings is 2. The van der Waals surface area contributed by atoms with Crippen molar-refractivity contribution in [1.82, 2.24) is 14.9 Å². The molecule has 0 bridgehead atoms. The van der Waals surface area contributed by atoms with Gasteiger partial charge in [0.15, 0.2) is 4.77 Å². The number of nitrogens with zero attached hydrogens (tertiary/aromatic N) is 1. The highest BCUT2D eigenvalue weighted by atomic mass is 32.1. The van der Waals surface area contributed by atoms with Gasteiger partial charge in [-0.05, 0) is 42.4 Å². The molecule has 0 aliphatic heterocycles. The number of carbonyl (C=O) groups is 1. The Labute approximate surface area is 163 Å². The Bertz CT molecular complexity index is 1050. The molecule has 3 aromatic rings. The molecule has 2 aromatic carbocycles. The van der Waals surface area contributed by atoms with Crippen molar-refractivity contribution in [3.05, 3.63) is 74.8 Å². The fourth-order valence-electron chi connectivity index (χ4n) is 3.00. The van der Waals surface area contributed by atoms with Crippen LogP contribution < -0.4 is 10.9 Å². The van der Waals surface area contributed by atoms with Crippen molar-refractivity contribution >= 4 is 29.0 Å². The van der Waals surface area contributed by atoms with Crippen molar-refractivity contribution in [1.29, 1.82) is 0 Å². The highest BCUT2D eigenvalue weighted by molar-refractivity contribution is 7.71. The second-order valence-corrected chi connectivity index (χ2v) is 6.91. The van der Waals surface area contributed by atoms with E-state index in [9.17, 15) is 9.59 Å². The molecule has 0 aliphatic carbocycles. The number of aromatic amines is 1. The molecular weight excluding hydrogens is 358 g/mol. The van der Waals surface area contributed by atoms with Gasteiger partial charge in [-0.25, -0.2) is 0 Å². The van der Waals surface area contributed by atoms with E-state index in [1.54, 1.807) is 22.8 Å². The van der Waals surface area contributed by atoms with Crippen molar-refractivity contribution in [3.63, 3.8) is 0 Å². The summed E-state index contributed by atoms with van der Waals surface area (Å²) in [5.41, 5.74) is 2.00. The van der Waals surface area contributed by atoms with Gasteiger partial charge in [0, 0.05) is 18.7 Å². The summed E-state index contributed by atoms with van der Waals surface area (Å²) in [5.74, 6) is -0.188. The quantitative estimate of drug-likeness (QED) is 0.477. The molecule has 3 rings (SSSR count). The highest BCUT2D eigenvalue weighted by Crippen LogP contribution is 2.12. The van der Waals surface area contributed by atoms with Crippen molar-refractivity contribution < 1.29 is 4.79 Å². The molecule has 0 spiro atoms. The van der Waals surface area contributed by atoms with Crippen LogP contribution in [0.25, 0.3) is 10.9 Å². The zero-order valence-corrected chi connectivity index (χ0v) is 16.1. The van der Waals surface area contributed by atoms with Crippen LogP contribution in [0.2, 0.25) is 0 Å². The van der Waals surface area contributed by atoms with E-state index in [4.69, 9.17) is 12.2 Å². The van der Waals surface area contributed by atoms with E-state index in [-0.39, 0.29) is 11.5 Å². The van der Waals surface area contributed by atoms with E-state index in [1.165, 1.54) is 0 Å². The molecule has 0 fully saturated rings. The summed E-state index contributed by atoms with van der Waals surface area (Å²) in [7, 11) is 0. The van der Waals surface area contributed by atoms with Crippen molar-refractivity contribution in [2.45, 2.75) is 39.3 Å². The average molecular weight is 382 g/mol. The first kappa shape index (κ1) is 19.0. The SMILES string of the molecule is CCCCCn1c(=S)[nH]c2cc(C(=O)NCc3ccccc3)ccc2c1=O. The summed E-state index contributed by atoms with van der Waals surface area (Å²) in [4.78, 5) is 28.2. The van der Waals surface area contributed by atoms with Gasteiger partial charge in [-0.2, -0.15) is 0 Å². The van der Waals surface area contributed by atoms with Crippen LogP contribution in [0, 0.1) is 4.77 Å². The summed E-state index contributed by atoms with van der Waals surface area (Å²) in [6, 6.07) is 14.8. The monoisotopic (exact) mass is 381 g/mol. The van der Waals surface area contributed by atoms with Crippen molar-refractivity contribution in [2.24, 2.45) is 0 Å². The van der Waals surface area contributed by atoms with Crippen LogP contribution >= 0.6 is 12.2 Å². The first-order valence-corrected chi connectivity index (χ1v) is 9.60. The van der Waals surface area contributed by atoms with Crippen LogP contribution in [-0.2, 0) is 13.1 Å². The number of hydrogen-bond acceptors (Lipinski definition) is 3. The highest BCUT2D eigenvalue weighted by Gasteiger charge is 2.10. The zero-order valence-electron chi connectivity index (χ0n) is 15.3. The standard InChI is InChI=1S/C21H23N3O2S/c1-2-3-7-12-24-20(26)17-11-10-16(13-18(17)23-21(24)27)19(25)22-14-15-8-5-4-6-9-15/h4-6,8-11,13H,2-3,7,12,14H2,1H3,(H,22,25)(H,23,27). The van der Waals surface area contributed by atoms with E-state index >= 15 is 0 Å². The van der Waals surface area contributed by atoms with E-state index in [0.29, 0.717) is 34.3 Å². The van der Waals surface area contributed by atoms with Crippen molar-refractivity contribution in [3.8, 4) is 0 Å². The van der Waals surface area contributed by atoms with E-state index in [2.05, 4.69) is 17.2 Å². The second-order valence-electron chi connectivity index (χ2n) is 6.52. The maximum absolute atomic E-state index is 12.7. The topological polar surface area (TPSA) is 66.9 Å². The molecule has 1 aromatic heterocycles. The lowest BCUT2D eigenvalue weighted by Crippen LogP contribution is -2.24. The number of nitrogens with one attached hydrogen (secondary N) is 2. The maximum Gasteiger partial charge on any atom is 0.262 e. The number of rotatable bonds is 7. The number of amides is 1. The lowest BCUT2D eigenvalue weighted by molar-refractivity contribution is 0.0951. The molecule has 0 unspecified atom stereocenters. The van der Waals surface area contributed by atoms with Crippen LogP contribution in [0.15, 0.2) is 53.3 Å². The first-order chi connectivity index (χ1) is 13.1. The summed E-state index contributed by atoms with van der Waals surface area (Å²) in [6.07, 6.45) is 3.05. The van der Waals surface area contributed by atoms with Crippen LogP contribution in [0.3, 0.4) is 0 Å². The molecule has 0 saturated heterocycles. The molecule has 1 heterocycles. The molecule has 1 amide bonds. The molecule has 0 atom stereocenters. The Morgan fingerprint density at radius 1 is 1.15 bits per heavy atom. The Hall–Kier alpha value is -2.73. The number of fused-ring (bicyclic) bond motifs is 1. The minimum absolute atomic E-state index is 0.110. The minimum Gasteiger partial charge on any atom is -0.348 e. The molecule has 6 heteroatoms. The molecule has 27 heavy (non-hydrogen) atoms. The third-order valence-corrected chi connectivity index (χ3v) is 4.85. The first-order valence-electron chi connectivity index (χ1n) is 9.19. The normalized spacial score (nSPS) is 10.9. The maximum atomic E-state index is 12.7. The molecule has 140 valence electrons. The fraction of sp³-hybridized carbons (Fsp3) is 0.286. The van der Waals surface area contributed by atoms with E-state index in [1.807, 2.05) is 30.3 Å². The lowest BCUT2D eigenvalue weighted by Gasteiger charge is -2.09. The van der Waals surface area contributed by atoms with Gasteiger partial charge in [0.2, 0.25) is 0 Å². The smallest absolute Gasteiger partial charge is 0.262 e. The molecule has 0 aliphatic rings. The van der Waals surface area contributed by atoms with Gasteiger partial charge in [0.05, 0.1) is 10.9 Å². The van der Waals surface area contributed by atoms with Crippen LogP contribution in [0.4, 0.5) is 0 Å². The second kappa shape index (κ2) is 8.77. The average Bonchev–Trinajstić information content (AvgIpc) is 2.69. The summed E-state index contributed by atoms with van der Waals surface area (Å²) in [5, 5.41) is 3.43. The Balaban J connectivity index is 1.82. The summed E-state index contributed by atoms with van der Waals surface area (Å²) >= 11 is 5.35. The number of H-pyrrole nitrogens is 1. The van der Waals surface area contributed by atoms with Gasteiger partial charge in [-0.15, -0.1) is 0 Å². The fourth-order valence-corrected chi connectivity index (χ4v) is 3.28. The largest absolute Gasteiger partial charge is 0.348 e. The number of hydrogen-bond donors (Lipinski definition) is 2. The molecule has 0 radical (unpaired) electrons. The Kier molecular flexibility index (Phi) is 6.19. The minimum atomic E-state index is -0.188. The van der Waals surface area contributed by atoms with E-state index in [0.717, 1.165) is 24.8 Å². The van der Waals surface area contributed by atoms with Gasteiger partial charge in [-0.3, -0.25) is 14.2 Å². The Morgan fingerprint density at radius 2 is 1.93 bits per heavy atom. The third-order valence-electron chi connectivity index (χ3n) is 4.53. The predicted molar refractivity (Wildman–Crippen MR) is 111 cm³/mol. The number of aromatic nitrogens is 2. The zero-order chi connectivity index (χ0) is 19.2. The van der Waals surface area contributed by atoms with Gasteiger partial charge in [0.25, 0.3) is 11.5 Å². The molecule has 0 saturated carbocycles. The summed E-state index contributed by atoms with van der Waals surface area (Å²) in [6.45, 7) is 3.18. The van der Waals surface area contributed by atoms with Crippen LogP contribution in [0.1, 0.15) is 42.1 Å². The predicted octanol–water partition coefficient (Wildman–Crippen LogP) is 4.18. The van der Waals surface area contributed by atoms with E-state index < -0.39 is 0 Å².